The number of rotatable bonds is 6. The molecule has 2 amide bonds. The Labute approximate surface area is 230 Å². The summed E-state index contributed by atoms with van der Waals surface area (Å²) in [4.78, 5) is 31.1. The minimum absolute atomic E-state index is 0.0387. The van der Waals surface area contributed by atoms with E-state index in [2.05, 4.69) is 10.2 Å². The SMILES string of the molecule is O=C(NCC1CCCCC1)[C@@H]1C2CCCCC2C(=O)N(C2CC3=C(CCCC3)C2)[C@H]1C1CCC(CO)CC1. The molecule has 0 spiro atoms. The second-order valence-corrected chi connectivity index (χ2v) is 14.0. The minimum atomic E-state index is -0.0603. The standard InChI is InChI=1S/C33H52N2O3/c36-21-23-14-16-24(17-15-23)31-30(32(37)34-20-22-8-2-1-3-9-22)28-12-6-7-13-29(28)33(38)35(31)27-18-25-10-4-5-11-26(25)19-27/h22-24,27-31,36H,1-21H2,(H,34,37)/t23?,24?,28?,29?,30-,31+/m1/s1. The molecule has 4 atom stereocenters. The van der Waals surface area contributed by atoms with Gasteiger partial charge in [-0.1, -0.05) is 43.3 Å². The molecular weight excluding hydrogens is 472 g/mol. The minimum Gasteiger partial charge on any atom is -0.396 e. The number of carbonyl (C=O) groups is 2. The number of aliphatic hydroxyl groups is 1. The van der Waals surface area contributed by atoms with Crippen molar-refractivity contribution < 1.29 is 14.7 Å². The summed E-state index contributed by atoms with van der Waals surface area (Å²) >= 11 is 0. The first kappa shape index (κ1) is 26.8. The number of nitrogens with zero attached hydrogens (tertiary/aromatic N) is 1. The van der Waals surface area contributed by atoms with Crippen molar-refractivity contribution in [1.82, 2.24) is 10.2 Å². The number of aliphatic hydroxyl groups excluding tert-OH is 1. The molecule has 1 saturated heterocycles. The van der Waals surface area contributed by atoms with E-state index in [1.54, 1.807) is 11.1 Å². The molecule has 5 nitrogen and oxygen atoms in total. The average molecular weight is 525 g/mol. The first-order chi connectivity index (χ1) is 18.6. The van der Waals surface area contributed by atoms with E-state index >= 15 is 0 Å². The second-order valence-electron chi connectivity index (χ2n) is 14.0. The molecule has 1 heterocycles. The van der Waals surface area contributed by atoms with Crippen LogP contribution in [-0.2, 0) is 9.59 Å². The molecule has 0 aromatic heterocycles. The van der Waals surface area contributed by atoms with E-state index in [1.165, 1.54) is 57.8 Å². The number of nitrogens with one attached hydrogen (secondary N) is 1. The predicted octanol–water partition coefficient (Wildman–Crippen LogP) is 6.15. The fraction of sp³-hybridized carbons (Fsp3) is 0.879. The normalized spacial score (nSPS) is 37.2. The lowest BCUT2D eigenvalue weighted by Gasteiger charge is -2.55. The first-order valence-corrected chi connectivity index (χ1v) is 16.5. The number of amides is 2. The fourth-order valence-corrected chi connectivity index (χ4v) is 9.78. The van der Waals surface area contributed by atoms with Crippen LogP contribution in [0.1, 0.15) is 122 Å². The Balaban J connectivity index is 1.29. The fourth-order valence-electron chi connectivity index (χ4n) is 9.78. The van der Waals surface area contributed by atoms with Crippen LogP contribution in [-0.4, -0.2) is 47.1 Å². The number of hydrogen-bond donors (Lipinski definition) is 2. The first-order valence-electron chi connectivity index (χ1n) is 16.5. The molecule has 0 bridgehead atoms. The van der Waals surface area contributed by atoms with Crippen molar-refractivity contribution in [3.63, 3.8) is 0 Å². The highest BCUT2D eigenvalue weighted by atomic mass is 16.3. The van der Waals surface area contributed by atoms with Gasteiger partial charge in [-0.2, -0.15) is 0 Å². The van der Waals surface area contributed by atoms with Gasteiger partial charge in [0, 0.05) is 31.2 Å². The van der Waals surface area contributed by atoms with Gasteiger partial charge in [-0.25, -0.2) is 0 Å². The highest BCUT2D eigenvalue weighted by Crippen LogP contribution is 2.51. The van der Waals surface area contributed by atoms with Crippen LogP contribution in [0.2, 0.25) is 0 Å². The molecular formula is C33H52N2O3. The van der Waals surface area contributed by atoms with Crippen LogP contribution in [0.3, 0.4) is 0 Å². The molecule has 2 N–H and O–H groups in total. The van der Waals surface area contributed by atoms with Gasteiger partial charge in [0.2, 0.25) is 11.8 Å². The molecule has 1 aliphatic heterocycles. The largest absolute Gasteiger partial charge is 0.396 e. The molecule has 5 aliphatic carbocycles. The van der Waals surface area contributed by atoms with Crippen molar-refractivity contribution in [3.05, 3.63) is 11.1 Å². The van der Waals surface area contributed by atoms with E-state index in [4.69, 9.17) is 0 Å². The van der Waals surface area contributed by atoms with Gasteiger partial charge in [-0.05, 0) is 114 Å². The summed E-state index contributed by atoms with van der Waals surface area (Å²) in [6, 6.07) is 0.307. The van der Waals surface area contributed by atoms with Crippen molar-refractivity contribution in [1.29, 1.82) is 0 Å². The number of fused-ring (bicyclic) bond motifs is 1. The summed E-state index contributed by atoms with van der Waals surface area (Å²) in [5, 5.41) is 13.3. The van der Waals surface area contributed by atoms with E-state index in [9.17, 15) is 14.7 Å². The quantitative estimate of drug-likeness (QED) is 0.410. The van der Waals surface area contributed by atoms with Crippen LogP contribution in [0.15, 0.2) is 11.1 Å². The Bertz CT molecular complexity index is 867. The van der Waals surface area contributed by atoms with Gasteiger partial charge in [0.1, 0.15) is 0 Å². The highest BCUT2D eigenvalue weighted by Gasteiger charge is 2.56. The van der Waals surface area contributed by atoms with Gasteiger partial charge in [0.05, 0.1) is 5.92 Å². The maximum Gasteiger partial charge on any atom is 0.226 e. The molecule has 0 aromatic rings. The molecule has 0 radical (unpaired) electrons. The molecule has 6 rings (SSSR count). The molecule has 3 saturated carbocycles. The van der Waals surface area contributed by atoms with Gasteiger partial charge < -0.3 is 15.3 Å². The Kier molecular flexibility index (Phi) is 8.49. The third-order valence-electron chi connectivity index (χ3n) is 11.8. The lowest BCUT2D eigenvalue weighted by atomic mass is 9.61. The zero-order valence-corrected chi connectivity index (χ0v) is 23.7. The molecule has 212 valence electrons. The van der Waals surface area contributed by atoms with Crippen LogP contribution < -0.4 is 5.32 Å². The maximum atomic E-state index is 14.4. The summed E-state index contributed by atoms with van der Waals surface area (Å²) in [5.74, 6) is 2.24. The molecule has 4 fully saturated rings. The summed E-state index contributed by atoms with van der Waals surface area (Å²) in [5.41, 5.74) is 3.28. The van der Waals surface area contributed by atoms with Crippen molar-refractivity contribution in [2.75, 3.05) is 13.2 Å². The average Bonchev–Trinajstić information content (AvgIpc) is 3.40. The molecule has 2 unspecified atom stereocenters. The van der Waals surface area contributed by atoms with Gasteiger partial charge in [-0.15, -0.1) is 0 Å². The van der Waals surface area contributed by atoms with Crippen LogP contribution >= 0.6 is 0 Å². The van der Waals surface area contributed by atoms with E-state index in [0.29, 0.717) is 23.7 Å². The predicted molar refractivity (Wildman–Crippen MR) is 150 cm³/mol. The van der Waals surface area contributed by atoms with Crippen molar-refractivity contribution in [3.8, 4) is 0 Å². The number of hydrogen-bond acceptors (Lipinski definition) is 3. The zero-order valence-electron chi connectivity index (χ0n) is 23.7. The van der Waals surface area contributed by atoms with Crippen molar-refractivity contribution >= 4 is 11.8 Å². The van der Waals surface area contributed by atoms with E-state index in [0.717, 1.165) is 70.8 Å². The smallest absolute Gasteiger partial charge is 0.226 e. The Morgan fingerprint density at radius 3 is 2.13 bits per heavy atom. The molecule has 5 heteroatoms. The number of piperidine rings is 1. The molecule has 6 aliphatic rings. The Morgan fingerprint density at radius 2 is 1.45 bits per heavy atom. The Morgan fingerprint density at radius 1 is 0.789 bits per heavy atom. The summed E-state index contributed by atoms with van der Waals surface area (Å²) < 4.78 is 0. The third-order valence-corrected chi connectivity index (χ3v) is 11.8. The van der Waals surface area contributed by atoms with Crippen molar-refractivity contribution in [2.45, 2.75) is 134 Å². The molecule has 38 heavy (non-hydrogen) atoms. The van der Waals surface area contributed by atoms with E-state index in [1.807, 2.05) is 0 Å². The van der Waals surface area contributed by atoms with Crippen LogP contribution in [0.4, 0.5) is 0 Å². The van der Waals surface area contributed by atoms with Crippen molar-refractivity contribution in [2.24, 2.45) is 35.5 Å². The summed E-state index contributed by atoms with van der Waals surface area (Å²) in [6.07, 6.45) is 22.0. The second kappa shape index (κ2) is 12.0. The summed E-state index contributed by atoms with van der Waals surface area (Å²) in [7, 11) is 0. The van der Waals surface area contributed by atoms with Gasteiger partial charge >= 0.3 is 0 Å². The third kappa shape index (κ3) is 5.34. The van der Waals surface area contributed by atoms with Crippen LogP contribution in [0.5, 0.6) is 0 Å². The maximum absolute atomic E-state index is 14.4. The lowest BCUT2D eigenvalue weighted by molar-refractivity contribution is -0.164. The van der Waals surface area contributed by atoms with Crippen LogP contribution in [0, 0.1) is 35.5 Å². The monoisotopic (exact) mass is 524 g/mol. The van der Waals surface area contributed by atoms with Gasteiger partial charge in [0.25, 0.3) is 0 Å². The number of likely N-dealkylation sites (tertiary alicyclic amines) is 1. The molecule has 0 aromatic carbocycles. The van der Waals surface area contributed by atoms with Gasteiger partial charge in [0.15, 0.2) is 0 Å². The Hall–Kier alpha value is -1.36. The highest BCUT2D eigenvalue weighted by molar-refractivity contribution is 5.87. The van der Waals surface area contributed by atoms with E-state index < -0.39 is 0 Å². The zero-order chi connectivity index (χ0) is 26.1. The topological polar surface area (TPSA) is 69.6 Å². The lowest BCUT2D eigenvalue weighted by Crippen LogP contribution is -2.65. The van der Waals surface area contributed by atoms with Crippen LogP contribution in [0.25, 0.3) is 0 Å². The number of carbonyl (C=O) groups excluding carboxylic acids is 2. The summed E-state index contributed by atoms with van der Waals surface area (Å²) in [6.45, 7) is 1.10. The van der Waals surface area contributed by atoms with E-state index in [-0.39, 0.29) is 42.4 Å². The van der Waals surface area contributed by atoms with Gasteiger partial charge in [-0.3, -0.25) is 9.59 Å².